The first-order chi connectivity index (χ1) is 9.16. The van der Waals surface area contributed by atoms with Crippen molar-refractivity contribution in [3.8, 4) is 0 Å². The van der Waals surface area contributed by atoms with Gasteiger partial charge >= 0.3 is 0 Å². The van der Waals surface area contributed by atoms with E-state index in [1.807, 2.05) is 12.1 Å². The third kappa shape index (κ3) is 2.42. The molecule has 1 saturated carbocycles. The zero-order valence-corrected chi connectivity index (χ0v) is 12.9. The quantitative estimate of drug-likeness (QED) is 0.592. The minimum absolute atomic E-state index is 0.107. The molecule has 0 N–H and O–H groups in total. The maximum Gasteiger partial charge on any atom is 0.261 e. The highest BCUT2D eigenvalue weighted by Gasteiger charge is 2.36. The summed E-state index contributed by atoms with van der Waals surface area (Å²) in [5.41, 5.74) is 1.15. The molecule has 0 saturated heterocycles. The van der Waals surface area contributed by atoms with E-state index in [1.54, 1.807) is 6.07 Å². The van der Waals surface area contributed by atoms with E-state index in [4.69, 9.17) is 0 Å². The van der Waals surface area contributed by atoms with Crippen molar-refractivity contribution in [2.24, 2.45) is 5.92 Å². The van der Waals surface area contributed by atoms with Crippen LogP contribution in [0.2, 0.25) is 0 Å². The number of carbonyl (C=O) groups is 2. The second-order valence-electron chi connectivity index (χ2n) is 5.41. The Morgan fingerprint density at radius 1 is 1.05 bits per heavy atom. The summed E-state index contributed by atoms with van der Waals surface area (Å²) in [6.07, 6.45) is 6.03. The number of hydrogen-bond acceptors (Lipinski definition) is 2. The molecule has 2 aliphatic rings. The SMILES string of the molecule is O=C1c2ccc(I)cc2C(=O)N1CC1CCCCC1. The van der Waals surface area contributed by atoms with E-state index < -0.39 is 0 Å². The number of rotatable bonds is 2. The highest BCUT2D eigenvalue weighted by Crippen LogP contribution is 2.29. The van der Waals surface area contributed by atoms with Crippen molar-refractivity contribution in [2.75, 3.05) is 6.54 Å². The highest BCUT2D eigenvalue weighted by atomic mass is 127. The number of imide groups is 1. The van der Waals surface area contributed by atoms with Crippen LogP contribution in [0.15, 0.2) is 18.2 Å². The first kappa shape index (κ1) is 13.1. The first-order valence-electron chi connectivity index (χ1n) is 6.82. The largest absolute Gasteiger partial charge is 0.274 e. The standard InChI is InChI=1S/C15H16INO2/c16-11-6-7-12-13(8-11)15(19)17(14(12)18)9-10-4-2-1-3-5-10/h6-8,10H,1-5,9H2. The molecular weight excluding hydrogens is 353 g/mol. The summed E-state index contributed by atoms with van der Waals surface area (Å²) in [6.45, 7) is 0.600. The lowest BCUT2D eigenvalue weighted by molar-refractivity contribution is 0.0617. The van der Waals surface area contributed by atoms with Crippen molar-refractivity contribution >= 4 is 34.4 Å². The molecular formula is C15H16INO2. The smallest absolute Gasteiger partial charge is 0.261 e. The van der Waals surface area contributed by atoms with Crippen molar-refractivity contribution in [1.82, 2.24) is 4.90 Å². The van der Waals surface area contributed by atoms with Crippen molar-refractivity contribution in [2.45, 2.75) is 32.1 Å². The Morgan fingerprint density at radius 3 is 2.47 bits per heavy atom. The number of nitrogens with zero attached hydrogens (tertiary/aromatic N) is 1. The van der Waals surface area contributed by atoms with Gasteiger partial charge in [0.2, 0.25) is 0 Å². The van der Waals surface area contributed by atoms with Crippen LogP contribution in [0.25, 0.3) is 0 Å². The Bertz CT molecular complexity index is 535. The van der Waals surface area contributed by atoms with Crippen LogP contribution >= 0.6 is 22.6 Å². The molecule has 100 valence electrons. The van der Waals surface area contributed by atoms with Crippen molar-refractivity contribution in [3.05, 3.63) is 32.9 Å². The molecule has 2 amide bonds. The third-order valence-electron chi connectivity index (χ3n) is 4.10. The molecule has 0 unspecified atom stereocenters. The molecule has 1 aromatic rings. The number of halogens is 1. The molecule has 0 spiro atoms. The lowest BCUT2D eigenvalue weighted by atomic mass is 9.89. The van der Waals surface area contributed by atoms with E-state index in [-0.39, 0.29) is 11.8 Å². The Hall–Kier alpha value is -0.910. The number of benzene rings is 1. The van der Waals surface area contributed by atoms with E-state index in [1.165, 1.54) is 24.2 Å². The lowest BCUT2D eigenvalue weighted by Gasteiger charge is -2.25. The van der Waals surface area contributed by atoms with Gasteiger partial charge in [-0.25, -0.2) is 0 Å². The number of carbonyl (C=O) groups excluding carboxylic acids is 2. The number of fused-ring (bicyclic) bond motifs is 1. The molecule has 1 fully saturated rings. The predicted octanol–water partition coefficient (Wildman–Crippen LogP) is 3.47. The summed E-state index contributed by atoms with van der Waals surface area (Å²) in [5.74, 6) is 0.279. The van der Waals surface area contributed by atoms with Crippen LogP contribution in [-0.4, -0.2) is 23.3 Å². The van der Waals surface area contributed by atoms with Gasteiger partial charge in [-0.1, -0.05) is 19.3 Å². The van der Waals surface area contributed by atoms with Crippen LogP contribution in [-0.2, 0) is 0 Å². The molecule has 1 heterocycles. The average Bonchev–Trinajstić information content (AvgIpc) is 2.65. The molecule has 0 atom stereocenters. The molecule has 3 nitrogen and oxygen atoms in total. The van der Waals surface area contributed by atoms with Crippen LogP contribution in [0.3, 0.4) is 0 Å². The van der Waals surface area contributed by atoms with Gasteiger partial charge in [0, 0.05) is 10.1 Å². The Morgan fingerprint density at radius 2 is 1.74 bits per heavy atom. The molecule has 0 aromatic heterocycles. The van der Waals surface area contributed by atoms with Crippen molar-refractivity contribution in [1.29, 1.82) is 0 Å². The minimum Gasteiger partial charge on any atom is -0.274 e. The van der Waals surface area contributed by atoms with Crippen molar-refractivity contribution < 1.29 is 9.59 Å². The van der Waals surface area contributed by atoms with Crippen LogP contribution in [0.5, 0.6) is 0 Å². The topological polar surface area (TPSA) is 37.4 Å². The first-order valence-corrected chi connectivity index (χ1v) is 7.90. The second-order valence-corrected chi connectivity index (χ2v) is 6.66. The molecule has 1 aromatic carbocycles. The Labute approximate surface area is 126 Å². The average molecular weight is 369 g/mol. The summed E-state index contributed by atoms with van der Waals surface area (Å²) in [6, 6.07) is 5.48. The van der Waals surface area contributed by atoms with E-state index in [9.17, 15) is 9.59 Å². The number of hydrogen-bond donors (Lipinski definition) is 0. The van der Waals surface area contributed by atoms with Gasteiger partial charge in [0.25, 0.3) is 11.8 Å². The molecule has 0 radical (unpaired) electrons. The van der Waals surface area contributed by atoms with Gasteiger partial charge in [-0.05, 0) is 59.5 Å². The van der Waals surface area contributed by atoms with Crippen LogP contribution < -0.4 is 0 Å². The molecule has 4 heteroatoms. The lowest BCUT2D eigenvalue weighted by Crippen LogP contribution is -2.35. The molecule has 3 rings (SSSR count). The molecule has 1 aliphatic heterocycles. The van der Waals surface area contributed by atoms with E-state index in [0.717, 1.165) is 16.4 Å². The van der Waals surface area contributed by atoms with Gasteiger partial charge in [0.1, 0.15) is 0 Å². The van der Waals surface area contributed by atoms with Gasteiger partial charge < -0.3 is 0 Å². The predicted molar refractivity (Wildman–Crippen MR) is 81.1 cm³/mol. The fourth-order valence-electron chi connectivity index (χ4n) is 3.06. The molecule has 0 bridgehead atoms. The highest BCUT2D eigenvalue weighted by molar-refractivity contribution is 14.1. The van der Waals surface area contributed by atoms with Crippen LogP contribution in [0, 0.1) is 9.49 Å². The van der Waals surface area contributed by atoms with E-state index in [2.05, 4.69) is 22.6 Å². The van der Waals surface area contributed by atoms with Gasteiger partial charge in [0.05, 0.1) is 11.1 Å². The van der Waals surface area contributed by atoms with Gasteiger partial charge in [0.15, 0.2) is 0 Å². The zero-order valence-electron chi connectivity index (χ0n) is 10.7. The van der Waals surface area contributed by atoms with E-state index >= 15 is 0 Å². The summed E-state index contributed by atoms with van der Waals surface area (Å²) in [4.78, 5) is 26.1. The zero-order chi connectivity index (χ0) is 13.4. The monoisotopic (exact) mass is 369 g/mol. The molecule has 1 aliphatic carbocycles. The fraction of sp³-hybridized carbons (Fsp3) is 0.467. The van der Waals surface area contributed by atoms with Gasteiger partial charge in [-0.3, -0.25) is 14.5 Å². The summed E-state index contributed by atoms with van der Waals surface area (Å²) in [7, 11) is 0. The molecule has 19 heavy (non-hydrogen) atoms. The normalized spacial score (nSPS) is 19.9. The minimum atomic E-state index is -0.109. The van der Waals surface area contributed by atoms with Gasteiger partial charge in [-0.2, -0.15) is 0 Å². The Kier molecular flexibility index (Phi) is 3.60. The summed E-state index contributed by atoms with van der Waals surface area (Å²) in [5, 5.41) is 0. The van der Waals surface area contributed by atoms with Crippen LogP contribution in [0.4, 0.5) is 0 Å². The Balaban J connectivity index is 1.81. The maximum absolute atomic E-state index is 12.3. The van der Waals surface area contributed by atoms with Gasteiger partial charge in [-0.15, -0.1) is 0 Å². The van der Waals surface area contributed by atoms with Crippen molar-refractivity contribution in [3.63, 3.8) is 0 Å². The number of amides is 2. The third-order valence-corrected chi connectivity index (χ3v) is 4.77. The fourth-order valence-corrected chi connectivity index (χ4v) is 3.55. The summed E-state index contributed by atoms with van der Waals surface area (Å²) < 4.78 is 0.997. The maximum atomic E-state index is 12.3. The summed E-state index contributed by atoms with van der Waals surface area (Å²) >= 11 is 2.17. The van der Waals surface area contributed by atoms with E-state index in [0.29, 0.717) is 23.6 Å². The van der Waals surface area contributed by atoms with Crippen LogP contribution in [0.1, 0.15) is 52.8 Å². The second kappa shape index (κ2) is 5.23.